The molecular weight excluding hydrogens is 283 g/mol. The van der Waals surface area contributed by atoms with Crippen LogP contribution in [0.3, 0.4) is 0 Å². The van der Waals surface area contributed by atoms with Crippen LogP contribution in [0.2, 0.25) is 5.02 Å². The third-order valence-electron chi connectivity index (χ3n) is 2.79. The maximum atomic E-state index is 6.23. The van der Waals surface area contributed by atoms with Gasteiger partial charge in [0.1, 0.15) is 5.75 Å². The summed E-state index contributed by atoms with van der Waals surface area (Å²) in [4.78, 5) is 6.26. The van der Waals surface area contributed by atoms with E-state index in [0.29, 0.717) is 16.7 Å². The number of rotatable bonds is 4. The van der Waals surface area contributed by atoms with Crippen LogP contribution >= 0.6 is 23.2 Å². The molecule has 1 aromatic heterocycles. The lowest BCUT2D eigenvalue weighted by Gasteiger charge is -2.20. The van der Waals surface area contributed by atoms with Crippen molar-refractivity contribution in [1.82, 2.24) is 4.98 Å². The topological polar surface area (TPSA) is 25.4 Å². The summed E-state index contributed by atoms with van der Waals surface area (Å²) in [5.41, 5.74) is 1.85. The van der Waals surface area contributed by atoms with Crippen molar-refractivity contribution < 1.29 is 4.74 Å². The van der Waals surface area contributed by atoms with E-state index in [0.717, 1.165) is 17.0 Å². The van der Waals surface area contributed by atoms with Crippen LogP contribution in [0.1, 0.15) is 5.56 Å². The Labute approximate surface area is 122 Å². The molecule has 0 unspecified atom stereocenters. The van der Waals surface area contributed by atoms with E-state index in [-0.39, 0.29) is 0 Å². The average Bonchev–Trinajstić information content (AvgIpc) is 2.46. The molecule has 0 aliphatic heterocycles. The summed E-state index contributed by atoms with van der Waals surface area (Å²) < 4.78 is 5.21. The number of pyridine rings is 1. The number of hydrogen-bond acceptors (Lipinski definition) is 3. The predicted molar refractivity (Wildman–Crippen MR) is 79.9 cm³/mol. The number of alkyl halides is 1. The maximum Gasteiger partial charge on any atom is 0.151 e. The molecule has 0 aliphatic carbocycles. The SMILES string of the molecule is COc1cccc(N(C)c2ncc(CCl)cc2Cl)c1. The number of hydrogen-bond donors (Lipinski definition) is 0. The molecule has 0 aliphatic rings. The van der Waals surface area contributed by atoms with E-state index in [9.17, 15) is 0 Å². The van der Waals surface area contributed by atoms with Gasteiger partial charge >= 0.3 is 0 Å². The molecule has 2 aromatic rings. The van der Waals surface area contributed by atoms with Crippen LogP contribution < -0.4 is 9.64 Å². The zero-order chi connectivity index (χ0) is 13.8. The first-order valence-electron chi connectivity index (χ1n) is 5.74. The highest BCUT2D eigenvalue weighted by molar-refractivity contribution is 6.33. The molecule has 100 valence electrons. The summed E-state index contributed by atoms with van der Waals surface area (Å²) in [6.45, 7) is 0. The lowest BCUT2D eigenvalue weighted by Crippen LogP contribution is -2.12. The Morgan fingerprint density at radius 1 is 1.32 bits per heavy atom. The minimum Gasteiger partial charge on any atom is -0.497 e. The van der Waals surface area contributed by atoms with E-state index in [1.165, 1.54) is 0 Å². The second kappa shape index (κ2) is 6.13. The van der Waals surface area contributed by atoms with Gasteiger partial charge in [-0.15, -0.1) is 11.6 Å². The van der Waals surface area contributed by atoms with E-state index in [1.807, 2.05) is 42.3 Å². The van der Waals surface area contributed by atoms with Gasteiger partial charge in [0, 0.05) is 30.9 Å². The molecule has 1 heterocycles. The standard InChI is InChI=1S/C14H14Cl2N2O/c1-18(11-4-3-5-12(7-11)19-2)14-13(16)6-10(8-15)9-17-14/h3-7,9H,8H2,1-2H3. The summed E-state index contributed by atoms with van der Waals surface area (Å²) in [6, 6.07) is 9.53. The lowest BCUT2D eigenvalue weighted by molar-refractivity contribution is 0.415. The molecule has 0 amide bonds. The summed E-state index contributed by atoms with van der Waals surface area (Å²) in [6.07, 6.45) is 1.73. The van der Waals surface area contributed by atoms with Gasteiger partial charge in [0.05, 0.1) is 12.1 Å². The van der Waals surface area contributed by atoms with E-state index in [1.54, 1.807) is 13.3 Å². The predicted octanol–water partition coefficient (Wildman–Crippen LogP) is 4.25. The van der Waals surface area contributed by atoms with Crippen molar-refractivity contribution in [3.8, 4) is 5.75 Å². The fraction of sp³-hybridized carbons (Fsp3) is 0.214. The zero-order valence-electron chi connectivity index (χ0n) is 10.7. The molecule has 19 heavy (non-hydrogen) atoms. The Kier molecular flexibility index (Phi) is 4.51. The van der Waals surface area contributed by atoms with Crippen molar-refractivity contribution in [2.24, 2.45) is 0 Å². The number of methoxy groups -OCH3 is 1. The molecule has 0 bridgehead atoms. The number of nitrogens with zero attached hydrogens (tertiary/aromatic N) is 2. The monoisotopic (exact) mass is 296 g/mol. The number of benzene rings is 1. The van der Waals surface area contributed by atoms with E-state index < -0.39 is 0 Å². The second-order valence-corrected chi connectivity index (χ2v) is 4.72. The highest BCUT2D eigenvalue weighted by atomic mass is 35.5. The highest BCUT2D eigenvalue weighted by Crippen LogP contribution is 2.30. The molecule has 0 radical (unpaired) electrons. The number of halogens is 2. The van der Waals surface area contributed by atoms with Crippen molar-refractivity contribution in [3.63, 3.8) is 0 Å². The molecule has 0 saturated heterocycles. The zero-order valence-corrected chi connectivity index (χ0v) is 12.2. The van der Waals surface area contributed by atoms with Crippen LogP contribution in [-0.2, 0) is 5.88 Å². The number of aromatic nitrogens is 1. The maximum absolute atomic E-state index is 6.23. The lowest BCUT2D eigenvalue weighted by atomic mass is 10.2. The number of anilines is 2. The Morgan fingerprint density at radius 2 is 2.11 bits per heavy atom. The number of ether oxygens (including phenoxy) is 1. The van der Waals surface area contributed by atoms with Crippen LogP contribution in [-0.4, -0.2) is 19.1 Å². The van der Waals surface area contributed by atoms with Crippen LogP contribution in [0.4, 0.5) is 11.5 Å². The first kappa shape index (κ1) is 14.0. The fourth-order valence-electron chi connectivity index (χ4n) is 1.73. The summed E-state index contributed by atoms with van der Waals surface area (Å²) in [5, 5.41) is 0.573. The molecule has 0 saturated carbocycles. The summed E-state index contributed by atoms with van der Waals surface area (Å²) >= 11 is 12.0. The van der Waals surface area contributed by atoms with Crippen molar-refractivity contribution in [1.29, 1.82) is 0 Å². The summed E-state index contributed by atoms with van der Waals surface area (Å²) in [5.74, 6) is 1.87. The average molecular weight is 297 g/mol. The van der Waals surface area contributed by atoms with Crippen molar-refractivity contribution in [3.05, 3.63) is 47.1 Å². The van der Waals surface area contributed by atoms with Gasteiger partial charge in [0.2, 0.25) is 0 Å². The highest BCUT2D eigenvalue weighted by Gasteiger charge is 2.11. The second-order valence-electron chi connectivity index (χ2n) is 4.04. The van der Waals surface area contributed by atoms with Gasteiger partial charge in [-0.05, 0) is 23.8 Å². The van der Waals surface area contributed by atoms with Crippen LogP contribution in [0.25, 0.3) is 0 Å². The van der Waals surface area contributed by atoms with E-state index >= 15 is 0 Å². The molecule has 0 atom stereocenters. The molecule has 5 heteroatoms. The van der Waals surface area contributed by atoms with Gasteiger partial charge in [-0.3, -0.25) is 0 Å². The molecule has 3 nitrogen and oxygen atoms in total. The normalized spacial score (nSPS) is 10.3. The Bertz CT molecular complexity index is 575. The molecule has 0 N–H and O–H groups in total. The van der Waals surface area contributed by atoms with E-state index in [4.69, 9.17) is 27.9 Å². The first-order chi connectivity index (χ1) is 9.15. The Hall–Kier alpha value is -1.45. The molecule has 1 aromatic carbocycles. The van der Waals surface area contributed by atoms with Gasteiger partial charge in [-0.1, -0.05) is 17.7 Å². The minimum absolute atomic E-state index is 0.399. The van der Waals surface area contributed by atoms with Crippen LogP contribution in [0, 0.1) is 0 Å². The molecule has 0 fully saturated rings. The molecule has 2 rings (SSSR count). The van der Waals surface area contributed by atoms with Crippen molar-refractivity contribution in [2.45, 2.75) is 5.88 Å². The van der Waals surface area contributed by atoms with Gasteiger partial charge in [-0.2, -0.15) is 0 Å². The van der Waals surface area contributed by atoms with Crippen molar-refractivity contribution in [2.75, 3.05) is 19.1 Å². The molecule has 0 spiro atoms. The van der Waals surface area contributed by atoms with Gasteiger partial charge < -0.3 is 9.64 Å². The molecular formula is C14H14Cl2N2O. The Balaban J connectivity index is 2.35. The van der Waals surface area contributed by atoms with Gasteiger partial charge in [0.25, 0.3) is 0 Å². The fourth-order valence-corrected chi connectivity index (χ4v) is 2.19. The van der Waals surface area contributed by atoms with Crippen LogP contribution in [0.5, 0.6) is 5.75 Å². The van der Waals surface area contributed by atoms with E-state index in [2.05, 4.69) is 4.98 Å². The third-order valence-corrected chi connectivity index (χ3v) is 3.38. The first-order valence-corrected chi connectivity index (χ1v) is 6.65. The smallest absolute Gasteiger partial charge is 0.151 e. The minimum atomic E-state index is 0.399. The largest absolute Gasteiger partial charge is 0.497 e. The van der Waals surface area contributed by atoms with Crippen LogP contribution in [0.15, 0.2) is 36.5 Å². The van der Waals surface area contributed by atoms with Gasteiger partial charge in [0.15, 0.2) is 5.82 Å². The third kappa shape index (κ3) is 3.11. The summed E-state index contributed by atoms with van der Waals surface area (Å²) in [7, 11) is 3.54. The quantitative estimate of drug-likeness (QED) is 0.789. The Morgan fingerprint density at radius 3 is 2.74 bits per heavy atom. The van der Waals surface area contributed by atoms with Gasteiger partial charge in [-0.25, -0.2) is 4.98 Å². The van der Waals surface area contributed by atoms with Crippen molar-refractivity contribution >= 4 is 34.7 Å².